The molecule has 0 saturated heterocycles. The van der Waals surface area contributed by atoms with Gasteiger partial charge in [-0.25, -0.2) is 9.37 Å². The van der Waals surface area contributed by atoms with Gasteiger partial charge in [-0.15, -0.1) is 11.3 Å². The van der Waals surface area contributed by atoms with Crippen LogP contribution in [0.3, 0.4) is 0 Å². The van der Waals surface area contributed by atoms with Crippen molar-refractivity contribution in [2.24, 2.45) is 0 Å². The molecule has 0 unspecified atom stereocenters. The van der Waals surface area contributed by atoms with Gasteiger partial charge in [0, 0.05) is 4.88 Å². The third kappa shape index (κ3) is 1.93. The first-order valence-corrected chi connectivity index (χ1v) is 5.71. The van der Waals surface area contributed by atoms with Crippen molar-refractivity contribution < 1.29 is 9.13 Å². The van der Waals surface area contributed by atoms with Gasteiger partial charge in [0.1, 0.15) is 16.6 Å². The molecule has 2 nitrogen and oxygen atoms in total. The van der Waals surface area contributed by atoms with Crippen LogP contribution in [0, 0.1) is 19.7 Å². The van der Waals surface area contributed by atoms with Crippen LogP contribution in [0.25, 0.3) is 10.6 Å². The van der Waals surface area contributed by atoms with E-state index in [-0.39, 0.29) is 5.82 Å². The van der Waals surface area contributed by atoms with Crippen molar-refractivity contribution >= 4 is 11.3 Å². The topological polar surface area (TPSA) is 22.1 Å². The van der Waals surface area contributed by atoms with Gasteiger partial charge in [0.25, 0.3) is 0 Å². The van der Waals surface area contributed by atoms with Crippen LogP contribution in [-0.4, -0.2) is 12.1 Å². The Labute approximate surface area is 97.7 Å². The Morgan fingerprint density at radius 3 is 2.62 bits per heavy atom. The van der Waals surface area contributed by atoms with Gasteiger partial charge < -0.3 is 4.74 Å². The summed E-state index contributed by atoms with van der Waals surface area (Å²) in [6.45, 7) is 3.95. The number of hydrogen-bond acceptors (Lipinski definition) is 3. The molecule has 16 heavy (non-hydrogen) atoms. The van der Waals surface area contributed by atoms with Crippen molar-refractivity contribution in [1.29, 1.82) is 0 Å². The number of benzene rings is 1. The molecule has 0 aliphatic rings. The van der Waals surface area contributed by atoms with E-state index in [0.29, 0.717) is 11.3 Å². The van der Waals surface area contributed by atoms with E-state index < -0.39 is 0 Å². The molecule has 4 heteroatoms. The van der Waals surface area contributed by atoms with E-state index in [1.165, 1.54) is 12.1 Å². The number of thiazole rings is 1. The van der Waals surface area contributed by atoms with Crippen molar-refractivity contribution in [2.45, 2.75) is 13.8 Å². The van der Waals surface area contributed by atoms with Crippen LogP contribution < -0.4 is 4.74 Å². The van der Waals surface area contributed by atoms with Crippen LogP contribution in [0.15, 0.2) is 18.2 Å². The Morgan fingerprint density at radius 2 is 2.06 bits per heavy atom. The Bertz CT molecular complexity index is 502. The van der Waals surface area contributed by atoms with E-state index in [2.05, 4.69) is 4.98 Å². The normalized spacial score (nSPS) is 10.5. The van der Waals surface area contributed by atoms with Crippen LogP contribution in [0.5, 0.6) is 5.75 Å². The van der Waals surface area contributed by atoms with Crippen molar-refractivity contribution in [3.05, 3.63) is 34.6 Å². The van der Waals surface area contributed by atoms with E-state index in [0.717, 1.165) is 15.6 Å². The molecule has 0 saturated carbocycles. The second-order valence-electron chi connectivity index (χ2n) is 3.51. The summed E-state index contributed by atoms with van der Waals surface area (Å²) >= 11 is 1.55. The third-order valence-corrected chi connectivity index (χ3v) is 3.53. The maximum Gasteiger partial charge on any atom is 0.129 e. The fourth-order valence-corrected chi connectivity index (χ4v) is 2.37. The predicted molar refractivity (Wildman–Crippen MR) is 63.5 cm³/mol. The summed E-state index contributed by atoms with van der Waals surface area (Å²) in [6, 6.07) is 4.46. The van der Waals surface area contributed by atoms with Gasteiger partial charge in [0.2, 0.25) is 0 Å². The monoisotopic (exact) mass is 237 g/mol. The standard InChI is InChI=1S/C12H12FNOS/c1-7-8(2)16-12(14-7)10-6-9(13)4-5-11(10)15-3/h4-6H,1-3H3. The second kappa shape index (κ2) is 4.22. The number of hydrogen-bond donors (Lipinski definition) is 0. The van der Waals surface area contributed by atoms with Crippen molar-refractivity contribution in [3.8, 4) is 16.3 Å². The number of ether oxygens (including phenoxy) is 1. The number of aromatic nitrogens is 1. The van der Waals surface area contributed by atoms with Crippen molar-refractivity contribution in [3.63, 3.8) is 0 Å². The fourth-order valence-electron chi connectivity index (χ4n) is 1.44. The number of nitrogens with zero attached hydrogens (tertiary/aromatic N) is 1. The highest BCUT2D eigenvalue weighted by Gasteiger charge is 2.12. The van der Waals surface area contributed by atoms with Gasteiger partial charge in [-0.2, -0.15) is 0 Å². The number of rotatable bonds is 2. The van der Waals surface area contributed by atoms with Crippen LogP contribution in [0.4, 0.5) is 4.39 Å². The minimum atomic E-state index is -0.277. The van der Waals surface area contributed by atoms with Gasteiger partial charge >= 0.3 is 0 Å². The zero-order valence-corrected chi connectivity index (χ0v) is 10.2. The molecule has 2 rings (SSSR count). The molecule has 0 amide bonds. The molecule has 1 aromatic carbocycles. The third-order valence-electron chi connectivity index (χ3n) is 2.42. The lowest BCUT2D eigenvalue weighted by molar-refractivity contribution is 0.415. The smallest absolute Gasteiger partial charge is 0.129 e. The lowest BCUT2D eigenvalue weighted by atomic mass is 10.2. The highest BCUT2D eigenvalue weighted by molar-refractivity contribution is 7.15. The minimum absolute atomic E-state index is 0.277. The highest BCUT2D eigenvalue weighted by atomic mass is 32.1. The van der Waals surface area contributed by atoms with Crippen molar-refractivity contribution in [1.82, 2.24) is 4.98 Å². The minimum Gasteiger partial charge on any atom is -0.496 e. The second-order valence-corrected chi connectivity index (χ2v) is 4.71. The first-order chi connectivity index (χ1) is 7.61. The van der Waals surface area contributed by atoms with Gasteiger partial charge in [-0.05, 0) is 32.0 Å². The van der Waals surface area contributed by atoms with Gasteiger partial charge in [0.05, 0.1) is 18.4 Å². The molecule has 84 valence electrons. The Kier molecular flexibility index (Phi) is 2.92. The van der Waals surface area contributed by atoms with E-state index in [9.17, 15) is 4.39 Å². The SMILES string of the molecule is COc1ccc(F)cc1-c1nc(C)c(C)s1. The first-order valence-electron chi connectivity index (χ1n) is 4.89. The summed E-state index contributed by atoms with van der Waals surface area (Å²) in [5.41, 5.74) is 1.69. The number of aryl methyl sites for hydroxylation is 2. The maximum atomic E-state index is 13.2. The summed E-state index contributed by atoms with van der Waals surface area (Å²) in [4.78, 5) is 5.54. The largest absolute Gasteiger partial charge is 0.496 e. The molecule has 0 aliphatic heterocycles. The van der Waals surface area contributed by atoms with E-state index in [4.69, 9.17) is 4.74 Å². The summed E-state index contributed by atoms with van der Waals surface area (Å²) in [5.74, 6) is 0.372. The highest BCUT2D eigenvalue weighted by Crippen LogP contribution is 2.34. The molecule has 1 heterocycles. The molecular weight excluding hydrogens is 225 g/mol. The molecule has 0 spiro atoms. The first kappa shape index (κ1) is 11.1. The fraction of sp³-hybridized carbons (Fsp3) is 0.250. The summed E-state index contributed by atoms with van der Waals surface area (Å²) in [7, 11) is 1.57. The Balaban J connectivity index is 2.57. The molecule has 0 bridgehead atoms. The lowest BCUT2D eigenvalue weighted by Crippen LogP contribution is -1.88. The van der Waals surface area contributed by atoms with Crippen LogP contribution in [0.2, 0.25) is 0 Å². The van der Waals surface area contributed by atoms with Gasteiger partial charge in [0.15, 0.2) is 0 Å². The molecule has 0 radical (unpaired) electrons. The van der Waals surface area contributed by atoms with E-state index >= 15 is 0 Å². The lowest BCUT2D eigenvalue weighted by Gasteiger charge is -2.05. The molecule has 2 aromatic rings. The average molecular weight is 237 g/mol. The van der Waals surface area contributed by atoms with Crippen LogP contribution in [-0.2, 0) is 0 Å². The molecule has 0 N–H and O–H groups in total. The molecule has 1 aromatic heterocycles. The quantitative estimate of drug-likeness (QED) is 0.796. The van der Waals surface area contributed by atoms with Crippen LogP contribution >= 0.6 is 11.3 Å². The number of methoxy groups -OCH3 is 1. The molecule has 0 aliphatic carbocycles. The summed E-state index contributed by atoms with van der Waals surface area (Å²) < 4.78 is 18.4. The zero-order chi connectivity index (χ0) is 11.7. The molecule has 0 fully saturated rings. The average Bonchev–Trinajstić information content (AvgIpc) is 2.59. The van der Waals surface area contributed by atoms with Gasteiger partial charge in [-0.3, -0.25) is 0 Å². The van der Waals surface area contributed by atoms with E-state index in [1.807, 2.05) is 13.8 Å². The molecule has 0 atom stereocenters. The van der Waals surface area contributed by atoms with Gasteiger partial charge in [-0.1, -0.05) is 0 Å². The van der Waals surface area contributed by atoms with Crippen molar-refractivity contribution in [2.75, 3.05) is 7.11 Å². The molecular formula is C12H12FNOS. The summed E-state index contributed by atoms with van der Waals surface area (Å²) in [5, 5.41) is 0.798. The maximum absolute atomic E-state index is 13.2. The predicted octanol–water partition coefficient (Wildman–Crippen LogP) is 3.57. The van der Waals surface area contributed by atoms with E-state index in [1.54, 1.807) is 24.5 Å². The summed E-state index contributed by atoms with van der Waals surface area (Å²) in [6.07, 6.45) is 0. The number of halogens is 1. The zero-order valence-electron chi connectivity index (χ0n) is 9.37. The Morgan fingerprint density at radius 1 is 1.31 bits per heavy atom. The van der Waals surface area contributed by atoms with Crippen LogP contribution in [0.1, 0.15) is 10.6 Å². The Hall–Kier alpha value is -1.42.